The van der Waals surface area contributed by atoms with Crippen LogP contribution in [0.1, 0.15) is 31.4 Å². The van der Waals surface area contributed by atoms with E-state index in [1.807, 2.05) is 38.1 Å². The summed E-state index contributed by atoms with van der Waals surface area (Å²) >= 11 is 0. The second kappa shape index (κ2) is 10.2. The minimum Gasteiger partial charge on any atom is -0.352 e. The van der Waals surface area contributed by atoms with E-state index in [-0.39, 0.29) is 22.6 Å². The van der Waals surface area contributed by atoms with E-state index in [0.717, 1.165) is 11.1 Å². The highest BCUT2D eigenvalue weighted by Crippen LogP contribution is 2.13. The minimum atomic E-state index is -3.46. The number of anilines is 1. The molecule has 0 saturated heterocycles. The smallest absolute Gasteiger partial charge is 0.240 e. The maximum Gasteiger partial charge on any atom is 0.240 e. The summed E-state index contributed by atoms with van der Waals surface area (Å²) in [5.41, 5.74) is 2.47. The molecule has 0 spiro atoms. The predicted molar refractivity (Wildman–Crippen MR) is 113 cm³/mol. The first kappa shape index (κ1) is 22.6. The highest BCUT2D eigenvalue weighted by Gasteiger charge is 2.11. The number of nitrogens with one attached hydrogen (secondary N) is 3. The monoisotopic (exact) mass is 417 g/mol. The topological polar surface area (TPSA) is 104 Å². The Balaban J connectivity index is 1.84. The lowest BCUT2D eigenvalue weighted by atomic mass is 10.1. The summed E-state index contributed by atoms with van der Waals surface area (Å²) in [4.78, 5) is 24.1. The van der Waals surface area contributed by atoms with Crippen molar-refractivity contribution in [1.82, 2.24) is 10.0 Å². The van der Waals surface area contributed by atoms with Crippen LogP contribution in [0, 0.1) is 5.92 Å². The molecular formula is C21H27N3O4S. The molecule has 156 valence electrons. The van der Waals surface area contributed by atoms with Crippen LogP contribution in [0.15, 0.2) is 53.4 Å². The maximum absolute atomic E-state index is 12.1. The Kier molecular flexibility index (Phi) is 7.92. The van der Waals surface area contributed by atoms with Crippen molar-refractivity contribution in [3.05, 3.63) is 59.7 Å². The first-order chi connectivity index (χ1) is 13.7. The number of carbonyl (C=O) groups is 2. The van der Waals surface area contributed by atoms with E-state index in [1.165, 1.54) is 19.2 Å². The van der Waals surface area contributed by atoms with E-state index >= 15 is 0 Å². The van der Waals surface area contributed by atoms with Crippen molar-refractivity contribution >= 4 is 27.5 Å². The van der Waals surface area contributed by atoms with Gasteiger partial charge in [-0.1, -0.05) is 38.1 Å². The molecule has 0 unspecified atom stereocenters. The molecule has 2 amide bonds. The Morgan fingerprint density at radius 2 is 1.69 bits per heavy atom. The first-order valence-corrected chi connectivity index (χ1v) is 10.9. The van der Waals surface area contributed by atoms with Gasteiger partial charge >= 0.3 is 0 Å². The molecule has 0 fully saturated rings. The van der Waals surface area contributed by atoms with E-state index in [9.17, 15) is 18.0 Å². The molecule has 0 atom stereocenters. The highest BCUT2D eigenvalue weighted by atomic mass is 32.2. The summed E-state index contributed by atoms with van der Waals surface area (Å²) < 4.78 is 25.7. The van der Waals surface area contributed by atoms with Gasteiger partial charge in [-0.15, -0.1) is 0 Å². The quantitative estimate of drug-likeness (QED) is 0.583. The summed E-state index contributed by atoms with van der Waals surface area (Å²) in [7, 11) is -2.09. The zero-order chi connectivity index (χ0) is 21.4. The van der Waals surface area contributed by atoms with Gasteiger partial charge in [0.2, 0.25) is 21.8 Å². The Morgan fingerprint density at radius 3 is 2.31 bits per heavy atom. The van der Waals surface area contributed by atoms with Crippen LogP contribution < -0.4 is 15.4 Å². The Hall–Kier alpha value is -2.71. The van der Waals surface area contributed by atoms with E-state index in [1.54, 1.807) is 12.1 Å². The van der Waals surface area contributed by atoms with Gasteiger partial charge in [0.05, 0.1) is 4.90 Å². The number of benzene rings is 2. The van der Waals surface area contributed by atoms with Crippen LogP contribution >= 0.6 is 0 Å². The maximum atomic E-state index is 12.1. The molecule has 3 N–H and O–H groups in total. The third-order valence-corrected chi connectivity index (χ3v) is 5.78. The fourth-order valence-corrected chi connectivity index (χ4v) is 3.28. The molecule has 0 aliphatic rings. The fraction of sp³-hybridized carbons (Fsp3) is 0.333. The zero-order valence-electron chi connectivity index (χ0n) is 16.9. The fourth-order valence-electron chi connectivity index (χ4n) is 2.55. The van der Waals surface area contributed by atoms with Crippen molar-refractivity contribution in [2.24, 2.45) is 5.92 Å². The van der Waals surface area contributed by atoms with E-state index in [4.69, 9.17) is 0 Å². The summed E-state index contributed by atoms with van der Waals surface area (Å²) in [5, 5.41) is 5.70. The first-order valence-electron chi connectivity index (χ1n) is 9.40. The molecule has 0 aromatic heterocycles. The average Bonchev–Trinajstić information content (AvgIpc) is 2.71. The van der Waals surface area contributed by atoms with Gasteiger partial charge in [0.25, 0.3) is 0 Å². The lowest BCUT2D eigenvalue weighted by Gasteiger charge is -2.10. The van der Waals surface area contributed by atoms with Crippen molar-refractivity contribution < 1.29 is 18.0 Å². The third-order valence-electron chi connectivity index (χ3n) is 4.35. The molecule has 0 heterocycles. The van der Waals surface area contributed by atoms with Crippen LogP contribution in [0.25, 0.3) is 0 Å². The van der Waals surface area contributed by atoms with Crippen LogP contribution in [0.2, 0.25) is 0 Å². The molecule has 7 nitrogen and oxygen atoms in total. The lowest BCUT2D eigenvalue weighted by Crippen LogP contribution is -2.23. The number of aryl methyl sites for hydroxylation is 1. The minimum absolute atomic E-state index is 0.0558. The molecule has 2 aromatic rings. The van der Waals surface area contributed by atoms with Gasteiger partial charge in [-0.25, -0.2) is 13.1 Å². The van der Waals surface area contributed by atoms with Crippen molar-refractivity contribution in [1.29, 1.82) is 0 Å². The molecule has 0 radical (unpaired) electrons. The molecule has 8 heteroatoms. The number of carbonyl (C=O) groups excluding carboxylic acids is 2. The largest absolute Gasteiger partial charge is 0.352 e. The van der Waals surface area contributed by atoms with Gasteiger partial charge in [0.15, 0.2) is 0 Å². The lowest BCUT2D eigenvalue weighted by molar-refractivity contribution is -0.121. The number of amides is 2. The van der Waals surface area contributed by atoms with Gasteiger partial charge in [0.1, 0.15) is 0 Å². The van der Waals surface area contributed by atoms with Crippen molar-refractivity contribution in [3.63, 3.8) is 0 Å². The molecule has 2 rings (SSSR count). The van der Waals surface area contributed by atoms with Crippen LogP contribution in [-0.2, 0) is 32.6 Å². The number of hydrogen-bond acceptors (Lipinski definition) is 4. The number of rotatable bonds is 9. The molecule has 2 aromatic carbocycles. The Labute approximate surface area is 172 Å². The zero-order valence-corrected chi connectivity index (χ0v) is 17.7. The van der Waals surface area contributed by atoms with Crippen LogP contribution in [-0.4, -0.2) is 27.3 Å². The van der Waals surface area contributed by atoms with Crippen molar-refractivity contribution in [3.8, 4) is 0 Å². The summed E-state index contributed by atoms with van der Waals surface area (Å²) in [6, 6.07) is 13.8. The van der Waals surface area contributed by atoms with E-state index in [0.29, 0.717) is 25.1 Å². The van der Waals surface area contributed by atoms with Crippen LogP contribution in [0.5, 0.6) is 0 Å². The average molecular weight is 418 g/mol. The number of sulfonamides is 1. The summed E-state index contributed by atoms with van der Waals surface area (Å²) in [6.07, 6.45) is 0.804. The molecular weight excluding hydrogens is 390 g/mol. The van der Waals surface area contributed by atoms with E-state index in [2.05, 4.69) is 15.4 Å². The summed E-state index contributed by atoms with van der Waals surface area (Å²) in [5.74, 6) is -0.265. The molecule has 0 aliphatic carbocycles. The highest BCUT2D eigenvalue weighted by molar-refractivity contribution is 7.89. The SMILES string of the molecule is CNS(=O)(=O)c1ccc(CCC(=O)NCc2cccc(NC(=O)C(C)C)c2)cc1. The van der Waals surface area contributed by atoms with Crippen molar-refractivity contribution in [2.75, 3.05) is 12.4 Å². The molecule has 0 saturated carbocycles. The second-order valence-corrected chi connectivity index (χ2v) is 8.86. The standard InChI is InChI=1S/C21H27N3O4S/c1-15(2)21(26)24-18-6-4-5-17(13-18)14-23-20(25)12-9-16-7-10-19(11-8-16)29(27,28)22-3/h4-8,10-11,13,15,22H,9,12,14H2,1-3H3,(H,23,25)(H,24,26). The number of hydrogen-bond donors (Lipinski definition) is 3. The van der Waals surface area contributed by atoms with Crippen LogP contribution in [0.4, 0.5) is 5.69 Å². The Bertz CT molecular complexity index is 954. The third kappa shape index (κ3) is 6.99. The summed E-state index contributed by atoms with van der Waals surface area (Å²) in [6.45, 7) is 4.02. The molecule has 0 aliphatic heterocycles. The molecule has 29 heavy (non-hydrogen) atoms. The van der Waals surface area contributed by atoms with Gasteiger partial charge in [-0.3, -0.25) is 9.59 Å². The van der Waals surface area contributed by atoms with Gasteiger partial charge < -0.3 is 10.6 Å². The van der Waals surface area contributed by atoms with E-state index < -0.39 is 10.0 Å². The van der Waals surface area contributed by atoms with Gasteiger partial charge in [-0.05, 0) is 48.9 Å². The van der Waals surface area contributed by atoms with Gasteiger partial charge in [0, 0.05) is 24.6 Å². The van der Waals surface area contributed by atoms with Crippen LogP contribution in [0.3, 0.4) is 0 Å². The molecule has 0 bridgehead atoms. The van der Waals surface area contributed by atoms with Gasteiger partial charge in [-0.2, -0.15) is 0 Å². The second-order valence-electron chi connectivity index (χ2n) is 6.97. The predicted octanol–water partition coefficient (Wildman–Crippen LogP) is 2.44. The Morgan fingerprint density at radius 1 is 1.00 bits per heavy atom. The van der Waals surface area contributed by atoms with Crippen molar-refractivity contribution in [2.45, 2.75) is 38.1 Å². The normalized spacial score (nSPS) is 11.3.